The van der Waals surface area contributed by atoms with Crippen molar-refractivity contribution < 1.29 is 31.5 Å². The summed E-state index contributed by atoms with van der Waals surface area (Å²) in [5.74, 6) is -2.11. The van der Waals surface area contributed by atoms with Crippen LogP contribution >= 0.6 is 0 Å². The number of sulfone groups is 1. The van der Waals surface area contributed by atoms with E-state index in [0.717, 1.165) is 11.8 Å². The fourth-order valence-electron chi connectivity index (χ4n) is 4.08. The summed E-state index contributed by atoms with van der Waals surface area (Å²) in [4.78, 5) is 24.2. The maximum atomic E-state index is 13.6. The topological polar surface area (TPSA) is 150 Å². The Morgan fingerprint density at radius 2 is 1.51 bits per heavy atom. The van der Waals surface area contributed by atoms with E-state index in [0.29, 0.717) is 5.69 Å². The molecule has 10 nitrogen and oxygen atoms in total. The normalized spacial score (nSPS) is 14.6. The van der Waals surface area contributed by atoms with Crippen molar-refractivity contribution in [3.8, 4) is 0 Å². The summed E-state index contributed by atoms with van der Waals surface area (Å²) in [6, 6.07) is 14.0. The summed E-state index contributed by atoms with van der Waals surface area (Å²) < 4.78 is 51.7. The van der Waals surface area contributed by atoms with Crippen LogP contribution in [0.5, 0.6) is 0 Å². The lowest BCUT2D eigenvalue weighted by Crippen LogP contribution is -2.52. The molecule has 0 bridgehead atoms. The Hall–Kier alpha value is -2.80. The first-order chi connectivity index (χ1) is 18.1. The first-order valence-electron chi connectivity index (χ1n) is 12.7. The molecule has 0 aliphatic heterocycles. The van der Waals surface area contributed by atoms with Gasteiger partial charge in [0.25, 0.3) is 0 Å². The number of anilines is 1. The van der Waals surface area contributed by atoms with Gasteiger partial charge in [0.15, 0.2) is 0 Å². The molecular formula is C27H39N3O7S2. The van der Waals surface area contributed by atoms with Crippen LogP contribution in [-0.2, 0) is 35.9 Å². The Bertz CT molecular complexity index is 1310. The minimum absolute atomic E-state index is 0.00475. The SMILES string of the molecule is CC(=O)Nc1ccc(S(=O)(=O)N(CC(C)C)C[C@@H](O)[C@H](Cc2ccccc2)NC(=O)C(C)CS(C)(=O)=O)cc1. The second-order valence-corrected chi connectivity index (χ2v) is 14.4. The van der Waals surface area contributed by atoms with Crippen LogP contribution < -0.4 is 10.6 Å². The third-order valence-corrected chi connectivity index (χ3v) is 8.81. The molecule has 0 aliphatic carbocycles. The number of aliphatic hydroxyl groups excluding tert-OH is 1. The third-order valence-electron chi connectivity index (χ3n) is 5.86. The van der Waals surface area contributed by atoms with E-state index in [-0.39, 0.29) is 42.0 Å². The quantitative estimate of drug-likeness (QED) is 0.309. The minimum Gasteiger partial charge on any atom is -0.390 e. The van der Waals surface area contributed by atoms with E-state index < -0.39 is 43.8 Å². The van der Waals surface area contributed by atoms with Gasteiger partial charge in [-0.2, -0.15) is 4.31 Å². The van der Waals surface area contributed by atoms with Gasteiger partial charge in [0.05, 0.1) is 22.8 Å². The van der Waals surface area contributed by atoms with Gasteiger partial charge < -0.3 is 15.7 Å². The van der Waals surface area contributed by atoms with Crippen LogP contribution in [0.25, 0.3) is 0 Å². The maximum Gasteiger partial charge on any atom is 0.243 e. The molecule has 2 aromatic carbocycles. The molecule has 3 atom stereocenters. The number of hydrogen-bond acceptors (Lipinski definition) is 7. The highest BCUT2D eigenvalue weighted by atomic mass is 32.2. The number of nitrogens with one attached hydrogen (secondary N) is 2. The molecule has 0 heterocycles. The molecule has 39 heavy (non-hydrogen) atoms. The molecule has 2 rings (SSSR count). The molecule has 0 aliphatic rings. The van der Waals surface area contributed by atoms with Crippen LogP contribution in [0.3, 0.4) is 0 Å². The van der Waals surface area contributed by atoms with Crippen molar-refractivity contribution in [2.75, 3.05) is 30.4 Å². The molecule has 0 saturated heterocycles. The minimum atomic E-state index is -4.04. The molecule has 216 valence electrons. The fraction of sp³-hybridized carbons (Fsp3) is 0.481. The van der Waals surface area contributed by atoms with E-state index >= 15 is 0 Å². The average Bonchev–Trinajstić information content (AvgIpc) is 2.82. The van der Waals surface area contributed by atoms with Gasteiger partial charge in [-0.1, -0.05) is 51.1 Å². The van der Waals surface area contributed by atoms with Crippen LogP contribution in [0.1, 0.15) is 33.3 Å². The van der Waals surface area contributed by atoms with Crippen molar-refractivity contribution in [2.45, 2.75) is 51.2 Å². The molecule has 0 radical (unpaired) electrons. The van der Waals surface area contributed by atoms with Crippen LogP contribution in [0, 0.1) is 11.8 Å². The first-order valence-corrected chi connectivity index (χ1v) is 16.2. The first kappa shape index (κ1) is 32.4. The Labute approximate surface area is 231 Å². The Morgan fingerprint density at radius 3 is 2.03 bits per heavy atom. The van der Waals surface area contributed by atoms with Gasteiger partial charge >= 0.3 is 0 Å². The van der Waals surface area contributed by atoms with Crippen LogP contribution in [0.4, 0.5) is 5.69 Å². The van der Waals surface area contributed by atoms with E-state index in [1.165, 1.54) is 42.4 Å². The van der Waals surface area contributed by atoms with E-state index in [1.807, 2.05) is 44.2 Å². The predicted octanol–water partition coefficient (Wildman–Crippen LogP) is 2.06. The van der Waals surface area contributed by atoms with Gasteiger partial charge in [0.1, 0.15) is 9.84 Å². The standard InChI is InChI=1S/C27H39N3O7S2/c1-19(2)16-30(39(36,37)24-13-11-23(12-14-24)28-21(4)31)17-26(32)25(15-22-9-7-6-8-10-22)29-27(33)20(3)18-38(5,34)35/h6-14,19-20,25-26,32H,15-18H2,1-5H3,(H,28,31)(H,29,33)/t20?,25-,26+/m0/s1. The van der Waals surface area contributed by atoms with E-state index in [2.05, 4.69) is 10.6 Å². The fourth-order valence-corrected chi connectivity index (χ4v) is 6.76. The molecule has 0 aromatic heterocycles. The summed E-state index contributed by atoms with van der Waals surface area (Å²) in [6.07, 6.45) is -0.0446. The molecule has 0 fully saturated rings. The van der Waals surface area contributed by atoms with Crippen molar-refractivity contribution in [1.29, 1.82) is 0 Å². The number of aliphatic hydroxyl groups is 1. The summed E-state index contributed by atoms with van der Waals surface area (Å²) in [5, 5.41) is 16.6. The summed E-state index contributed by atoms with van der Waals surface area (Å²) in [7, 11) is -7.45. The van der Waals surface area contributed by atoms with Gasteiger partial charge in [-0.3, -0.25) is 9.59 Å². The molecule has 12 heteroatoms. The number of nitrogens with zero attached hydrogens (tertiary/aromatic N) is 1. The number of benzene rings is 2. The lowest BCUT2D eigenvalue weighted by atomic mass is 10.00. The zero-order chi connectivity index (χ0) is 29.4. The highest BCUT2D eigenvalue weighted by Gasteiger charge is 2.32. The third kappa shape index (κ3) is 10.7. The monoisotopic (exact) mass is 581 g/mol. The smallest absolute Gasteiger partial charge is 0.243 e. The summed E-state index contributed by atoms with van der Waals surface area (Å²) >= 11 is 0. The molecule has 0 spiro atoms. The van der Waals surface area contributed by atoms with Crippen LogP contribution in [-0.4, -0.2) is 75.3 Å². The zero-order valence-corrected chi connectivity index (χ0v) is 24.6. The zero-order valence-electron chi connectivity index (χ0n) is 23.0. The lowest BCUT2D eigenvalue weighted by molar-refractivity contribution is -0.125. The largest absolute Gasteiger partial charge is 0.390 e. The second-order valence-electron chi connectivity index (χ2n) is 10.3. The molecule has 2 aromatic rings. The second kappa shape index (κ2) is 14.0. The van der Waals surface area contributed by atoms with Crippen LogP contribution in [0.2, 0.25) is 0 Å². The summed E-state index contributed by atoms with van der Waals surface area (Å²) in [5.41, 5.74) is 1.26. The molecule has 2 amide bonds. The number of carbonyl (C=O) groups excluding carboxylic acids is 2. The van der Waals surface area contributed by atoms with Crippen molar-refractivity contribution in [1.82, 2.24) is 9.62 Å². The van der Waals surface area contributed by atoms with Crippen molar-refractivity contribution in [2.24, 2.45) is 11.8 Å². The molecule has 0 saturated carbocycles. The molecular weight excluding hydrogens is 542 g/mol. The highest BCUT2D eigenvalue weighted by molar-refractivity contribution is 7.90. The summed E-state index contributed by atoms with van der Waals surface area (Å²) in [6.45, 7) is 6.36. The lowest BCUT2D eigenvalue weighted by Gasteiger charge is -2.31. The van der Waals surface area contributed by atoms with Crippen molar-refractivity contribution in [3.63, 3.8) is 0 Å². The Balaban J connectivity index is 2.34. The average molecular weight is 582 g/mol. The predicted molar refractivity (Wildman–Crippen MR) is 151 cm³/mol. The van der Waals surface area contributed by atoms with Gasteiger partial charge in [-0.15, -0.1) is 0 Å². The highest BCUT2D eigenvalue weighted by Crippen LogP contribution is 2.21. The molecule has 1 unspecified atom stereocenters. The number of hydrogen-bond donors (Lipinski definition) is 3. The Morgan fingerprint density at radius 1 is 0.923 bits per heavy atom. The van der Waals surface area contributed by atoms with Gasteiger partial charge in [-0.25, -0.2) is 16.8 Å². The number of amides is 2. The number of sulfonamides is 1. The number of rotatable bonds is 14. The van der Waals surface area contributed by atoms with Crippen molar-refractivity contribution >= 4 is 37.4 Å². The Kier molecular flexibility index (Phi) is 11.6. The van der Waals surface area contributed by atoms with E-state index in [1.54, 1.807) is 0 Å². The number of carbonyl (C=O) groups is 2. The van der Waals surface area contributed by atoms with Gasteiger partial charge in [0, 0.05) is 37.9 Å². The van der Waals surface area contributed by atoms with E-state index in [4.69, 9.17) is 0 Å². The van der Waals surface area contributed by atoms with Crippen molar-refractivity contribution in [3.05, 3.63) is 60.2 Å². The van der Waals surface area contributed by atoms with Gasteiger partial charge in [-0.05, 0) is 42.2 Å². The molecule has 3 N–H and O–H groups in total. The van der Waals surface area contributed by atoms with E-state index in [9.17, 15) is 31.5 Å². The van der Waals surface area contributed by atoms with Gasteiger partial charge in [0.2, 0.25) is 21.8 Å². The maximum absolute atomic E-state index is 13.6. The van der Waals surface area contributed by atoms with Crippen LogP contribution in [0.15, 0.2) is 59.5 Å².